The molecular weight excluding hydrogens is 272 g/mol. The van der Waals surface area contributed by atoms with Gasteiger partial charge in [0, 0.05) is 24.3 Å². The zero-order valence-corrected chi connectivity index (χ0v) is 12.9. The molecule has 1 aromatic carbocycles. The van der Waals surface area contributed by atoms with Gasteiger partial charge in [-0.15, -0.1) is 0 Å². The van der Waals surface area contributed by atoms with E-state index in [1.807, 2.05) is 26.0 Å². The number of nitrogens with one attached hydrogen (secondary N) is 1. The molecule has 1 N–H and O–H groups in total. The molecule has 110 valence electrons. The molecule has 0 unspecified atom stereocenters. The molecule has 3 rings (SSSR count). The van der Waals surface area contributed by atoms with Crippen LogP contribution in [0, 0.1) is 0 Å². The standard InChI is InChI=1S/C15H22N2O2S/c1-11-4-3-5-12(2)17(11)20(18,19)14-6-7-15-13(10-14)8-9-16-15/h6-7,10-12,16H,3-5,8-9H2,1-2H3/t11-,12+. The highest BCUT2D eigenvalue weighted by atomic mass is 32.2. The minimum Gasteiger partial charge on any atom is -0.384 e. The van der Waals surface area contributed by atoms with Gasteiger partial charge in [0.25, 0.3) is 0 Å². The Morgan fingerprint density at radius 1 is 1.20 bits per heavy atom. The van der Waals surface area contributed by atoms with Gasteiger partial charge < -0.3 is 5.32 Å². The number of hydrogen-bond donors (Lipinski definition) is 1. The second-order valence-electron chi connectivity index (χ2n) is 5.96. The average molecular weight is 294 g/mol. The number of piperidine rings is 1. The van der Waals surface area contributed by atoms with E-state index in [1.165, 1.54) is 0 Å². The van der Waals surface area contributed by atoms with Crippen molar-refractivity contribution in [3.05, 3.63) is 23.8 Å². The first kappa shape index (κ1) is 13.9. The van der Waals surface area contributed by atoms with E-state index in [9.17, 15) is 8.42 Å². The van der Waals surface area contributed by atoms with Crippen molar-refractivity contribution >= 4 is 15.7 Å². The van der Waals surface area contributed by atoms with Crippen LogP contribution in [0.4, 0.5) is 5.69 Å². The van der Waals surface area contributed by atoms with Gasteiger partial charge >= 0.3 is 0 Å². The van der Waals surface area contributed by atoms with Crippen LogP contribution in [0.15, 0.2) is 23.1 Å². The molecule has 0 amide bonds. The van der Waals surface area contributed by atoms with E-state index in [4.69, 9.17) is 0 Å². The molecule has 0 bridgehead atoms. The monoisotopic (exact) mass is 294 g/mol. The zero-order chi connectivity index (χ0) is 14.3. The summed E-state index contributed by atoms with van der Waals surface area (Å²) in [6.45, 7) is 4.93. The number of fused-ring (bicyclic) bond motifs is 1. The van der Waals surface area contributed by atoms with E-state index in [0.29, 0.717) is 4.90 Å². The Bertz CT molecular complexity index is 602. The lowest BCUT2D eigenvalue weighted by molar-refractivity contribution is 0.204. The normalized spacial score (nSPS) is 27.1. The molecule has 1 aromatic rings. The summed E-state index contributed by atoms with van der Waals surface area (Å²) in [5.74, 6) is 0. The predicted molar refractivity (Wildman–Crippen MR) is 80.4 cm³/mol. The molecule has 0 aromatic heterocycles. The maximum absolute atomic E-state index is 12.9. The van der Waals surface area contributed by atoms with Gasteiger partial charge in [-0.1, -0.05) is 6.42 Å². The molecular formula is C15H22N2O2S. The molecule has 2 heterocycles. The van der Waals surface area contributed by atoms with Crippen molar-refractivity contribution in [1.29, 1.82) is 0 Å². The summed E-state index contributed by atoms with van der Waals surface area (Å²) >= 11 is 0. The van der Waals surface area contributed by atoms with Gasteiger partial charge in [-0.2, -0.15) is 4.31 Å². The molecule has 5 heteroatoms. The molecule has 1 saturated heterocycles. The van der Waals surface area contributed by atoms with E-state index in [0.717, 1.165) is 43.5 Å². The van der Waals surface area contributed by atoms with Gasteiger partial charge in [0.15, 0.2) is 0 Å². The molecule has 0 saturated carbocycles. The highest BCUT2D eigenvalue weighted by Crippen LogP contribution is 2.32. The lowest BCUT2D eigenvalue weighted by Gasteiger charge is -2.37. The molecule has 0 aliphatic carbocycles. The predicted octanol–water partition coefficient (Wildman–Crippen LogP) is 2.61. The van der Waals surface area contributed by atoms with Crippen LogP contribution < -0.4 is 5.32 Å². The maximum atomic E-state index is 12.9. The summed E-state index contributed by atoms with van der Waals surface area (Å²) in [5, 5.41) is 3.27. The number of rotatable bonds is 2. The SMILES string of the molecule is C[C@@H]1CCC[C@H](C)N1S(=O)(=O)c1ccc2c(c1)CCN2. The van der Waals surface area contributed by atoms with E-state index >= 15 is 0 Å². The molecule has 2 aliphatic rings. The van der Waals surface area contributed by atoms with Crippen LogP contribution in [0.2, 0.25) is 0 Å². The Morgan fingerprint density at radius 2 is 1.90 bits per heavy atom. The first-order valence-corrected chi connectivity index (χ1v) is 8.84. The topological polar surface area (TPSA) is 49.4 Å². The van der Waals surface area contributed by atoms with E-state index in [1.54, 1.807) is 10.4 Å². The van der Waals surface area contributed by atoms with Crippen molar-refractivity contribution < 1.29 is 8.42 Å². The summed E-state index contributed by atoms with van der Waals surface area (Å²) in [6.07, 6.45) is 3.93. The molecule has 0 radical (unpaired) electrons. The number of hydrogen-bond acceptors (Lipinski definition) is 3. The fraction of sp³-hybridized carbons (Fsp3) is 0.600. The summed E-state index contributed by atoms with van der Waals surface area (Å²) in [6, 6.07) is 5.67. The molecule has 20 heavy (non-hydrogen) atoms. The Kier molecular flexibility index (Phi) is 3.50. The number of nitrogens with zero attached hydrogens (tertiary/aromatic N) is 1. The van der Waals surface area contributed by atoms with Crippen LogP contribution >= 0.6 is 0 Å². The van der Waals surface area contributed by atoms with Crippen LogP contribution in [-0.4, -0.2) is 31.4 Å². The Balaban J connectivity index is 1.99. The van der Waals surface area contributed by atoms with Crippen molar-refractivity contribution in [2.24, 2.45) is 0 Å². The number of sulfonamides is 1. The van der Waals surface area contributed by atoms with E-state index in [2.05, 4.69) is 5.32 Å². The van der Waals surface area contributed by atoms with Gasteiger partial charge in [-0.05, 0) is 56.9 Å². The molecule has 2 atom stereocenters. The van der Waals surface area contributed by atoms with Crippen molar-refractivity contribution in [3.63, 3.8) is 0 Å². The van der Waals surface area contributed by atoms with E-state index < -0.39 is 10.0 Å². The fourth-order valence-corrected chi connectivity index (χ4v) is 5.37. The van der Waals surface area contributed by atoms with Crippen LogP contribution in [0.5, 0.6) is 0 Å². The molecule has 2 aliphatic heterocycles. The number of benzene rings is 1. The van der Waals surface area contributed by atoms with Gasteiger partial charge in [-0.25, -0.2) is 8.42 Å². The molecule has 4 nitrogen and oxygen atoms in total. The minimum atomic E-state index is -3.38. The summed E-state index contributed by atoms with van der Waals surface area (Å²) in [4.78, 5) is 0.445. The summed E-state index contributed by atoms with van der Waals surface area (Å²) in [5.41, 5.74) is 2.19. The third-order valence-corrected chi connectivity index (χ3v) is 6.60. The lowest BCUT2D eigenvalue weighted by Crippen LogP contribution is -2.47. The average Bonchev–Trinajstić information content (AvgIpc) is 2.85. The third kappa shape index (κ3) is 2.23. The van der Waals surface area contributed by atoms with Crippen molar-refractivity contribution in [2.45, 2.75) is 56.5 Å². The Labute approximate surface area is 121 Å². The van der Waals surface area contributed by atoms with Gasteiger partial charge in [0.2, 0.25) is 10.0 Å². The Morgan fingerprint density at radius 3 is 2.60 bits per heavy atom. The van der Waals surface area contributed by atoms with Crippen LogP contribution in [0.1, 0.15) is 38.7 Å². The van der Waals surface area contributed by atoms with Crippen molar-refractivity contribution in [1.82, 2.24) is 4.31 Å². The van der Waals surface area contributed by atoms with Crippen LogP contribution in [0.25, 0.3) is 0 Å². The highest BCUT2D eigenvalue weighted by Gasteiger charge is 2.35. The fourth-order valence-electron chi connectivity index (χ4n) is 3.43. The minimum absolute atomic E-state index is 0.0927. The third-order valence-electron chi connectivity index (χ3n) is 4.47. The molecule has 0 spiro atoms. The lowest BCUT2D eigenvalue weighted by atomic mass is 10.0. The summed E-state index contributed by atoms with van der Waals surface area (Å²) in [7, 11) is -3.38. The summed E-state index contributed by atoms with van der Waals surface area (Å²) < 4.78 is 27.5. The van der Waals surface area contributed by atoms with Gasteiger partial charge in [0.05, 0.1) is 4.90 Å². The van der Waals surface area contributed by atoms with Gasteiger partial charge in [-0.3, -0.25) is 0 Å². The van der Waals surface area contributed by atoms with Crippen molar-refractivity contribution in [3.8, 4) is 0 Å². The van der Waals surface area contributed by atoms with Gasteiger partial charge in [0.1, 0.15) is 0 Å². The Hall–Kier alpha value is -1.07. The first-order valence-electron chi connectivity index (χ1n) is 7.40. The zero-order valence-electron chi connectivity index (χ0n) is 12.1. The first-order chi connectivity index (χ1) is 9.50. The highest BCUT2D eigenvalue weighted by molar-refractivity contribution is 7.89. The van der Waals surface area contributed by atoms with Crippen molar-refractivity contribution in [2.75, 3.05) is 11.9 Å². The maximum Gasteiger partial charge on any atom is 0.243 e. The molecule has 1 fully saturated rings. The second kappa shape index (κ2) is 5.04. The second-order valence-corrected chi connectivity index (χ2v) is 7.80. The van der Waals surface area contributed by atoms with Crippen LogP contribution in [0.3, 0.4) is 0 Å². The quantitative estimate of drug-likeness (QED) is 0.912. The smallest absolute Gasteiger partial charge is 0.243 e. The van der Waals surface area contributed by atoms with E-state index in [-0.39, 0.29) is 12.1 Å². The van der Waals surface area contributed by atoms with Crippen LogP contribution in [-0.2, 0) is 16.4 Å². The number of anilines is 1. The largest absolute Gasteiger partial charge is 0.384 e.